The summed E-state index contributed by atoms with van der Waals surface area (Å²) >= 11 is 6.12. The second-order valence-corrected chi connectivity index (χ2v) is 7.76. The van der Waals surface area contributed by atoms with Gasteiger partial charge in [0.15, 0.2) is 0 Å². The van der Waals surface area contributed by atoms with Gasteiger partial charge in [-0.2, -0.15) is 0 Å². The summed E-state index contributed by atoms with van der Waals surface area (Å²) in [7, 11) is 0. The third-order valence-corrected chi connectivity index (χ3v) is 5.83. The summed E-state index contributed by atoms with van der Waals surface area (Å²) in [6, 6.07) is 11.7. The lowest BCUT2D eigenvalue weighted by molar-refractivity contribution is -0.00869. The Kier molecular flexibility index (Phi) is 3.49. The van der Waals surface area contributed by atoms with E-state index in [2.05, 4.69) is 38.0 Å². The van der Waals surface area contributed by atoms with E-state index in [1.165, 1.54) is 30.5 Å². The fourth-order valence-electron chi connectivity index (χ4n) is 4.12. The first kappa shape index (κ1) is 14.7. The Bertz CT molecular complexity index is 749. The van der Waals surface area contributed by atoms with Crippen molar-refractivity contribution in [1.82, 2.24) is 14.9 Å². The van der Waals surface area contributed by atoms with E-state index in [4.69, 9.17) is 11.6 Å². The predicted octanol–water partition coefficient (Wildman–Crippen LogP) is 3.47. The Morgan fingerprint density at radius 2 is 1.92 bits per heavy atom. The first-order chi connectivity index (χ1) is 11.8. The SMILES string of the molecule is Clc1cccc(CN2C3CC2CN(c2cc(C4CC4)ncn2)C3)c1. The summed E-state index contributed by atoms with van der Waals surface area (Å²) < 4.78 is 0. The number of piperazine rings is 1. The molecule has 1 aliphatic carbocycles. The van der Waals surface area contributed by atoms with Gasteiger partial charge < -0.3 is 4.90 Å². The molecule has 1 aromatic carbocycles. The highest BCUT2D eigenvalue weighted by molar-refractivity contribution is 6.30. The molecule has 1 saturated carbocycles. The quantitative estimate of drug-likeness (QED) is 0.853. The standard InChI is InChI=1S/C19H21ClN4/c20-15-3-1-2-13(6-15)9-24-16-7-17(24)11-23(10-16)19-8-18(14-4-5-14)21-12-22-19/h1-3,6,8,12,14,16-17H,4-5,7,9-11H2. The highest BCUT2D eigenvalue weighted by Crippen LogP contribution is 2.40. The van der Waals surface area contributed by atoms with E-state index in [9.17, 15) is 0 Å². The molecule has 2 atom stereocenters. The molecule has 3 saturated heterocycles. The van der Waals surface area contributed by atoms with Crippen LogP contribution < -0.4 is 4.90 Å². The molecule has 5 heteroatoms. The molecule has 0 N–H and O–H groups in total. The van der Waals surface area contributed by atoms with E-state index < -0.39 is 0 Å². The number of hydrogen-bond donors (Lipinski definition) is 0. The molecule has 6 rings (SSSR count). The van der Waals surface area contributed by atoms with Crippen LogP contribution >= 0.6 is 11.6 Å². The van der Waals surface area contributed by atoms with Gasteiger partial charge in [-0.3, -0.25) is 4.90 Å². The minimum absolute atomic E-state index is 0.627. The Morgan fingerprint density at radius 1 is 1.08 bits per heavy atom. The van der Waals surface area contributed by atoms with Crippen molar-refractivity contribution < 1.29 is 0 Å². The van der Waals surface area contributed by atoms with E-state index in [-0.39, 0.29) is 0 Å². The summed E-state index contributed by atoms with van der Waals surface area (Å²) in [5.41, 5.74) is 2.54. The van der Waals surface area contributed by atoms with Crippen LogP contribution in [0.15, 0.2) is 36.7 Å². The number of benzene rings is 1. The van der Waals surface area contributed by atoms with Crippen LogP contribution in [-0.4, -0.2) is 40.0 Å². The molecule has 1 aromatic heterocycles. The van der Waals surface area contributed by atoms with Crippen molar-refractivity contribution >= 4 is 17.4 Å². The Morgan fingerprint density at radius 3 is 2.67 bits per heavy atom. The molecule has 0 radical (unpaired) electrons. The van der Waals surface area contributed by atoms with Crippen LogP contribution in [0.3, 0.4) is 0 Å². The molecular weight excluding hydrogens is 320 g/mol. The first-order valence-corrected chi connectivity index (χ1v) is 9.21. The molecule has 2 unspecified atom stereocenters. The zero-order chi connectivity index (χ0) is 16.1. The molecule has 2 bridgehead atoms. The van der Waals surface area contributed by atoms with E-state index in [0.29, 0.717) is 18.0 Å². The maximum Gasteiger partial charge on any atom is 0.132 e. The summed E-state index contributed by atoms with van der Waals surface area (Å²) in [6.45, 7) is 3.14. The summed E-state index contributed by atoms with van der Waals surface area (Å²) in [4.78, 5) is 14.0. The number of halogens is 1. The maximum atomic E-state index is 6.12. The van der Waals surface area contributed by atoms with Crippen molar-refractivity contribution in [1.29, 1.82) is 0 Å². The Hall–Kier alpha value is -1.65. The van der Waals surface area contributed by atoms with Crippen molar-refractivity contribution in [3.05, 3.63) is 52.9 Å². The molecule has 4 fully saturated rings. The summed E-state index contributed by atoms with van der Waals surface area (Å²) in [6.07, 6.45) is 5.62. The zero-order valence-electron chi connectivity index (χ0n) is 13.6. The van der Waals surface area contributed by atoms with Crippen LogP contribution in [0.1, 0.15) is 36.4 Å². The number of anilines is 1. The van der Waals surface area contributed by atoms with Crippen LogP contribution in [0.25, 0.3) is 0 Å². The second kappa shape index (κ2) is 5.71. The third-order valence-electron chi connectivity index (χ3n) is 5.59. The monoisotopic (exact) mass is 340 g/mol. The van der Waals surface area contributed by atoms with E-state index in [1.807, 2.05) is 12.1 Å². The average molecular weight is 341 g/mol. The predicted molar refractivity (Wildman–Crippen MR) is 95.4 cm³/mol. The van der Waals surface area contributed by atoms with E-state index in [1.54, 1.807) is 6.33 Å². The minimum atomic E-state index is 0.627. The fraction of sp³-hybridized carbons (Fsp3) is 0.474. The van der Waals surface area contributed by atoms with E-state index >= 15 is 0 Å². The van der Waals surface area contributed by atoms with E-state index in [0.717, 1.165) is 30.5 Å². The molecule has 3 aliphatic heterocycles. The van der Waals surface area contributed by atoms with Crippen LogP contribution in [0, 0.1) is 0 Å². The molecule has 4 nitrogen and oxygen atoms in total. The van der Waals surface area contributed by atoms with Crippen LogP contribution in [0.4, 0.5) is 5.82 Å². The van der Waals surface area contributed by atoms with Gasteiger partial charge in [0.1, 0.15) is 12.1 Å². The van der Waals surface area contributed by atoms with Crippen LogP contribution in [0.2, 0.25) is 5.02 Å². The van der Waals surface area contributed by atoms with Gasteiger partial charge in [0.25, 0.3) is 0 Å². The normalized spacial score (nSPS) is 26.3. The molecule has 2 aromatic rings. The van der Waals surface area contributed by atoms with Crippen LogP contribution in [0.5, 0.6) is 0 Å². The number of aromatic nitrogens is 2. The van der Waals surface area contributed by atoms with Gasteiger partial charge >= 0.3 is 0 Å². The first-order valence-electron chi connectivity index (χ1n) is 8.83. The lowest BCUT2D eigenvalue weighted by Gasteiger charge is -2.56. The largest absolute Gasteiger partial charge is 0.353 e. The third kappa shape index (κ3) is 2.68. The summed E-state index contributed by atoms with van der Waals surface area (Å²) in [5.74, 6) is 1.80. The molecule has 4 aliphatic rings. The van der Waals surface area contributed by atoms with Gasteiger partial charge in [-0.05, 0) is 37.0 Å². The molecule has 0 spiro atoms. The van der Waals surface area contributed by atoms with Gasteiger partial charge in [-0.1, -0.05) is 23.7 Å². The molecule has 0 amide bonds. The minimum Gasteiger partial charge on any atom is -0.353 e. The lowest BCUT2D eigenvalue weighted by Crippen LogP contribution is -2.68. The lowest BCUT2D eigenvalue weighted by atomic mass is 9.86. The van der Waals surface area contributed by atoms with Gasteiger partial charge in [0.2, 0.25) is 0 Å². The van der Waals surface area contributed by atoms with Crippen LogP contribution in [-0.2, 0) is 6.54 Å². The van der Waals surface area contributed by atoms with Crippen molar-refractivity contribution in [3.8, 4) is 0 Å². The summed E-state index contributed by atoms with van der Waals surface area (Å²) in [5, 5.41) is 0.827. The van der Waals surface area contributed by atoms with Gasteiger partial charge in [-0.15, -0.1) is 0 Å². The number of piperidine rings is 1. The smallest absolute Gasteiger partial charge is 0.132 e. The molecular formula is C19H21ClN4. The molecule has 24 heavy (non-hydrogen) atoms. The molecule has 124 valence electrons. The van der Waals surface area contributed by atoms with Crippen molar-refractivity contribution in [2.24, 2.45) is 0 Å². The topological polar surface area (TPSA) is 32.3 Å². The average Bonchev–Trinajstić information content (AvgIpc) is 3.45. The number of fused-ring (bicyclic) bond motifs is 2. The van der Waals surface area contributed by atoms with Gasteiger partial charge in [0, 0.05) is 54.4 Å². The van der Waals surface area contributed by atoms with Gasteiger partial charge in [-0.25, -0.2) is 9.97 Å². The molecule has 4 heterocycles. The highest BCUT2D eigenvalue weighted by Gasteiger charge is 2.44. The number of hydrogen-bond acceptors (Lipinski definition) is 4. The van der Waals surface area contributed by atoms with Crippen molar-refractivity contribution in [3.63, 3.8) is 0 Å². The Balaban J connectivity index is 1.28. The number of nitrogens with zero attached hydrogens (tertiary/aromatic N) is 4. The van der Waals surface area contributed by atoms with Gasteiger partial charge in [0.05, 0.1) is 0 Å². The Labute approximate surface area is 147 Å². The fourth-order valence-corrected chi connectivity index (χ4v) is 4.33. The highest BCUT2D eigenvalue weighted by atomic mass is 35.5. The zero-order valence-corrected chi connectivity index (χ0v) is 14.4. The number of rotatable bonds is 4. The van der Waals surface area contributed by atoms with Crippen molar-refractivity contribution in [2.45, 2.75) is 43.8 Å². The maximum absolute atomic E-state index is 6.12. The van der Waals surface area contributed by atoms with Crippen molar-refractivity contribution in [2.75, 3.05) is 18.0 Å². The second-order valence-electron chi connectivity index (χ2n) is 7.33.